The van der Waals surface area contributed by atoms with Gasteiger partial charge < -0.3 is 14.6 Å². The molecule has 1 saturated heterocycles. The SMILES string of the molecule is Cc1ccc(N2CCN(S(=O)(=O)c3ccc4c(c3)CCN4C(=O)CCC=O)CC2)cc1Cl. The lowest BCUT2D eigenvalue weighted by Crippen LogP contribution is -2.48. The molecule has 0 atom stereocenters. The number of carbonyl (C=O) groups is 2. The Morgan fingerprint density at radius 2 is 1.81 bits per heavy atom. The first-order valence-electron chi connectivity index (χ1n) is 10.7. The number of hydrogen-bond donors (Lipinski definition) is 0. The van der Waals surface area contributed by atoms with Gasteiger partial charge in [0.2, 0.25) is 15.9 Å². The van der Waals surface area contributed by atoms with Crippen molar-refractivity contribution in [1.29, 1.82) is 0 Å². The van der Waals surface area contributed by atoms with Crippen molar-refractivity contribution in [2.45, 2.75) is 31.1 Å². The summed E-state index contributed by atoms with van der Waals surface area (Å²) in [6, 6.07) is 10.9. The first-order chi connectivity index (χ1) is 15.3. The molecule has 0 radical (unpaired) electrons. The van der Waals surface area contributed by atoms with E-state index in [2.05, 4.69) is 4.90 Å². The molecule has 0 saturated carbocycles. The fourth-order valence-electron chi connectivity index (χ4n) is 4.23. The predicted molar refractivity (Wildman–Crippen MR) is 125 cm³/mol. The summed E-state index contributed by atoms with van der Waals surface area (Å²) in [5, 5.41) is 0.703. The summed E-state index contributed by atoms with van der Waals surface area (Å²) in [5.41, 5.74) is 3.59. The summed E-state index contributed by atoms with van der Waals surface area (Å²) in [6.07, 6.45) is 1.70. The van der Waals surface area contributed by atoms with Gasteiger partial charge in [-0.2, -0.15) is 4.31 Å². The summed E-state index contributed by atoms with van der Waals surface area (Å²) < 4.78 is 28.0. The number of sulfonamides is 1. The van der Waals surface area contributed by atoms with Crippen LogP contribution in [0.1, 0.15) is 24.0 Å². The minimum atomic E-state index is -3.63. The summed E-state index contributed by atoms with van der Waals surface area (Å²) >= 11 is 6.24. The molecule has 0 aliphatic carbocycles. The van der Waals surface area contributed by atoms with Gasteiger partial charge in [0, 0.05) is 62.0 Å². The van der Waals surface area contributed by atoms with Gasteiger partial charge in [-0.15, -0.1) is 0 Å². The Hall–Kier alpha value is -2.42. The molecule has 2 aliphatic rings. The molecule has 1 amide bonds. The zero-order valence-corrected chi connectivity index (χ0v) is 19.5. The van der Waals surface area contributed by atoms with E-state index in [1.807, 2.05) is 25.1 Å². The Morgan fingerprint density at radius 3 is 2.50 bits per heavy atom. The van der Waals surface area contributed by atoms with Gasteiger partial charge in [-0.3, -0.25) is 4.79 Å². The van der Waals surface area contributed by atoms with E-state index in [-0.39, 0.29) is 23.6 Å². The molecule has 0 unspecified atom stereocenters. The van der Waals surface area contributed by atoms with Crippen LogP contribution in [0.25, 0.3) is 0 Å². The van der Waals surface area contributed by atoms with Gasteiger partial charge in [-0.05, 0) is 54.8 Å². The van der Waals surface area contributed by atoms with Crippen LogP contribution < -0.4 is 9.80 Å². The van der Waals surface area contributed by atoms with Crippen molar-refractivity contribution in [1.82, 2.24) is 4.31 Å². The lowest BCUT2D eigenvalue weighted by atomic mass is 10.2. The number of fused-ring (bicyclic) bond motifs is 1. The molecule has 4 rings (SSSR count). The number of halogens is 1. The topological polar surface area (TPSA) is 78.0 Å². The van der Waals surface area contributed by atoms with Crippen LogP contribution in [0.15, 0.2) is 41.3 Å². The van der Waals surface area contributed by atoms with Crippen molar-refractivity contribution < 1.29 is 18.0 Å². The molecule has 0 bridgehead atoms. The Balaban J connectivity index is 1.46. The van der Waals surface area contributed by atoms with Gasteiger partial charge in [-0.25, -0.2) is 8.42 Å². The Labute approximate surface area is 193 Å². The van der Waals surface area contributed by atoms with Gasteiger partial charge in [0.1, 0.15) is 6.29 Å². The normalized spacial score (nSPS) is 16.8. The third-order valence-electron chi connectivity index (χ3n) is 6.12. The van der Waals surface area contributed by atoms with Crippen LogP contribution in [0, 0.1) is 6.92 Å². The molecule has 2 heterocycles. The Bertz CT molecular complexity index is 1140. The van der Waals surface area contributed by atoms with E-state index in [4.69, 9.17) is 11.6 Å². The van der Waals surface area contributed by atoms with Crippen LogP contribution in [0.4, 0.5) is 11.4 Å². The van der Waals surface area contributed by atoms with Crippen LogP contribution >= 0.6 is 11.6 Å². The molecule has 2 aromatic carbocycles. The number of benzene rings is 2. The summed E-state index contributed by atoms with van der Waals surface area (Å²) in [7, 11) is -3.63. The molecular formula is C23H26ClN3O4S. The fourth-order valence-corrected chi connectivity index (χ4v) is 5.88. The van der Waals surface area contributed by atoms with Gasteiger partial charge >= 0.3 is 0 Å². The predicted octanol–water partition coefficient (Wildman–Crippen LogP) is 3.03. The van der Waals surface area contributed by atoms with Gasteiger partial charge in [0.15, 0.2) is 0 Å². The van der Waals surface area contributed by atoms with Crippen molar-refractivity contribution in [3.63, 3.8) is 0 Å². The van der Waals surface area contributed by atoms with Crippen molar-refractivity contribution in [2.75, 3.05) is 42.5 Å². The van der Waals surface area contributed by atoms with Crippen LogP contribution in [0.3, 0.4) is 0 Å². The number of amides is 1. The number of piperazine rings is 1. The fraction of sp³-hybridized carbons (Fsp3) is 0.391. The molecule has 2 aromatic rings. The number of carbonyl (C=O) groups excluding carboxylic acids is 2. The average Bonchev–Trinajstić information content (AvgIpc) is 3.23. The number of rotatable bonds is 6. The second kappa shape index (κ2) is 9.21. The standard InChI is InChI=1S/C23H26ClN3O4S/c1-17-4-5-19(16-21(17)24)25-10-12-26(13-11-25)32(30,31)20-6-7-22-18(15-20)8-9-27(22)23(29)3-2-14-28/h4-7,14-16H,2-3,8-13H2,1H3. The lowest BCUT2D eigenvalue weighted by molar-refractivity contribution is -0.120. The molecule has 9 heteroatoms. The quantitative estimate of drug-likeness (QED) is 0.600. The zero-order valence-electron chi connectivity index (χ0n) is 18.0. The van der Waals surface area contributed by atoms with E-state index >= 15 is 0 Å². The Morgan fingerprint density at radius 1 is 1.06 bits per heavy atom. The van der Waals surface area contributed by atoms with Crippen LogP contribution in [-0.4, -0.2) is 57.6 Å². The van der Waals surface area contributed by atoms with Crippen LogP contribution in [0.2, 0.25) is 5.02 Å². The molecule has 170 valence electrons. The largest absolute Gasteiger partial charge is 0.369 e. The highest BCUT2D eigenvalue weighted by Crippen LogP contribution is 2.32. The number of anilines is 2. The smallest absolute Gasteiger partial charge is 0.243 e. The lowest BCUT2D eigenvalue weighted by Gasteiger charge is -2.35. The Kier molecular flexibility index (Phi) is 6.55. The van der Waals surface area contributed by atoms with Gasteiger partial charge in [0.25, 0.3) is 0 Å². The first kappa shape index (κ1) is 22.8. The monoisotopic (exact) mass is 475 g/mol. The van der Waals surface area contributed by atoms with E-state index < -0.39 is 10.0 Å². The number of hydrogen-bond acceptors (Lipinski definition) is 5. The molecule has 7 nitrogen and oxygen atoms in total. The number of nitrogens with zero attached hydrogens (tertiary/aromatic N) is 3. The molecule has 0 aromatic heterocycles. The van der Waals surface area contributed by atoms with Crippen molar-refractivity contribution in [2.24, 2.45) is 0 Å². The van der Waals surface area contributed by atoms with Crippen LogP contribution in [0.5, 0.6) is 0 Å². The molecule has 0 spiro atoms. The third-order valence-corrected chi connectivity index (χ3v) is 8.42. The van der Waals surface area contributed by atoms with Crippen molar-refractivity contribution in [3.8, 4) is 0 Å². The second-order valence-corrected chi connectivity index (χ2v) is 10.5. The number of aryl methyl sites for hydroxylation is 1. The minimum absolute atomic E-state index is 0.112. The minimum Gasteiger partial charge on any atom is -0.369 e. The maximum Gasteiger partial charge on any atom is 0.243 e. The maximum atomic E-state index is 13.3. The van der Waals surface area contributed by atoms with E-state index in [1.54, 1.807) is 23.1 Å². The van der Waals surface area contributed by atoms with Crippen molar-refractivity contribution >= 4 is 45.2 Å². The van der Waals surface area contributed by atoms with Crippen LogP contribution in [-0.2, 0) is 26.0 Å². The highest BCUT2D eigenvalue weighted by molar-refractivity contribution is 7.89. The summed E-state index contributed by atoms with van der Waals surface area (Å²) in [4.78, 5) is 26.9. The maximum absolute atomic E-state index is 13.3. The van der Waals surface area contributed by atoms with E-state index in [1.165, 1.54) is 4.31 Å². The van der Waals surface area contributed by atoms with Gasteiger partial charge in [0.05, 0.1) is 4.90 Å². The highest BCUT2D eigenvalue weighted by atomic mass is 35.5. The first-order valence-corrected chi connectivity index (χ1v) is 12.5. The highest BCUT2D eigenvalue weighted by Gasteiger charge is 2.31. The zero-order chi connectivity index (χ0) is 22.9. The molecule has 2 aliphatic heterocycles. The molecule has 1 fully saturated rings. The molecular weight excluding hydrogens is 450 g/mol. The summed E-state index contributed by atoms with van der Waals surface area (Å²) in [6.45, 7) is 4.41. The van der Waals surface area contributed by atoms with E-state index in [0.717, 1.165) is 28.8 Å². The van der Waals surface area contributed by atoms with Gasteiger partial charge in [-0.1, -0.05) is 17.7 Å². The van der Waals surface area contributed by atoms with E-state index in [0.29, 0.717) is 44.2 Å². The third kappa shape index (κ3) is 4.40. The number of aldehydes is 1. The molecule has 32 heavy (non-hydrogen) atoms. The average molecular weight is 476 g/mol. The summed E-state index contributed by atoms with van der Waals surface area (Å²) in [5.74, 6) is -0.112. The second-order valence-electron chi connectivity index (χ2n) is 8.12. The van der Waals surface area contributed by atoms with E-state index in [9.17, 15) is 18.0 Å². The molecule has 0 N–H and O–H groups in total. The van der Waals surface area contributed by atoms with Crippen molar-refractivity contribution in [3.05, 3.63) is 52.5 Å².